The Morgan fingerprint density at radius 1 is 1.29 bits per heavy atom. The van der Waals surface area contributed by atoms with Crippen molar-refractivity contribution in [1.82, 2.24) is 4.90 Å². The zero-order valence-electron chi connectivity index (χ0n) is 13.4. The molecule has 3 rings (SSSR count). The van der Waals surface area contributed by atoms with E-state index in [1.807, 2.05) is 6.07 Å². The van der Waals surface area contributed by atoms with Gasteiger partial charge >= 0.3 is 0 Å². The Kier molecular flexibility index (Phi) is 4.70. The predicted octanol–water partition coefficient (Wildman–Crippen LogP) is 3.93. The van der Waals surface area contributed by atoms with Crippen molar-refractivity contribution in [2.45, 2.75) is 76.4 Å². The van der Waals surface area contributed by atoms with Crippen LogP contribution < -0.4 is 5.73 Å². The first-order valence-corrected chi connectivity index (χ1v) is 8.76. The third-order valence-corrected chi connectivity index (χ3v) is 5.73. The van der Waals surface area contributed by atoms with E-state index in [2.05, 4.69) is 17.9 Å². The van der Waals surface area contributed by atoms with Gasteiger partial charge in [0.1, 0.15) is 5.76 Å². The number of furan rings is 1. The summed E-state index contributed by atoms with van der Waals surface area (Å²) in [6.45, 7) is 4.06. The molecule has 21 heavy (non-hydrogen) atoms. The molecule has 2 fully saturated rings. The first-order chi connectivity index (χ1) is 10.3. The summed E-state index contributed by atoms with van der Waals surface area (Å²) < 4.78 is 5.61. The highest BCUT2D eigenvalue weighted by atomic mass is 16.3. The molecule has 2 atom stereocenters. The van der Waals surface area contributed by atoms with E-state index in [4.69, 9.17) is 10.2 Å². The molecule has 2 aliphatic rings. The summed E-state index contributed by atoms with van der Waals surface area (Å²) in [4.78, 5) is 2.70. The van der Waals surface area contributed by atoms with Crippen LogP contribution in [0.1, 0.15) is 64.1 Å². The predicted molar refractivity (Wildman–Crippen MR) is 85.9 cm³/mol. The molecule has 1 aromatic heterocycles. The fraction of sp³-hybridized carbons (Fsp3) is 0.778. The van der Waals surface area contributed by atoms with Gasteiger partial charge in [-0.15, -0.1) is 0 Å². The van der Waals surface area contributed by atoms with Crippen molar-refractivity contribution in [1.29, 1.82) is 0 Å². The molecule has 0 aromatic carbocycles. The largest absolute Gasteiger partial charge is 0.468 e. The summed E-state index contributed by atoms with van der Waals surface area (Å²) in [6.07, 6.45) is 12.4. The van der Waals surface area contributed by atoms with E-state index in [9.17, 15) is 0 Å². The molecule has 0 saturated heterocycles. The van der Waals surface area contributed by atoms with Gasteiger partial charge in [0.15, 0.2) is 0 Å². The van der Waals surface area contributed by atoms with Crippen molar-refractivity contribution in [3.8, 4) is 0 Å². The second kappa shape index (κ2) is 6.53. The van der Waals surface area contributed by atoms with Crippen molar-refractivity contribution >= 4 is 0 Å². The normalized spacial score (nSPS) is 30.5. The second-order valence-electron chi connectivity index (χ2n) is 7.07. The van der Waals surface area contributed by atoms with Crippen LogP contribution >= 0.6 is 0 Å². The molecule has 2 unspecified atom stereocenters. The Labute approximate surface area is 128 Å². The average Bonchev–Trinajstić information content (AvgIpc) is 3.27. The Morgan fingerprint density at radius 3 is 2.76 bits per heavy atom. The lowest BCUT2D eigenvalue weighted by atomic mass is 9.87. The summed E-state index contributed by atoms with van der Waals surface area (Å²) >= 11 is 0. The Bertz CT molecular complexity index is 426. The molecular weight excluding hydrogens is 260 g/mol. The molecule has 2 saturated carbocycles. The summed E-state index contributed by atoms with van der Waals surface area (Å²) in [5.74, 6) is 1.99. The Hall–Kier alpha value is -0.800. The molecule has 2 N–H and O–H groups in total. The smallest absolute Gasteiger partial charge is 0.117 e. The van der Waals surface area contributed by atoms with Crippen molar-refractivity contribution in [2.75, 3.05) is 6.54 Å². The van der Waals surface area contributed by atoms with Gasteiger partial charge in [-0.05, 0) is 50.2 Å². The van der Waals surface area contributed by atoms with E-state index in [1.54, 1.807) is 6.26 Å². The Balaban J connectivity index is 1.77. The number of rotatable bonds is 6. The summed E-state index contributed by atoms with van der Waals surface area (Å²) in [6, 6.07) is 4.83. The molecule has 0 bridgehead atoms. The number of nitrogens with zero attached hydrogens (tertiary/aromatic N) is 1. The van der Waals surface area contributed by atoms with Gasteiger partial charge in [-0.3, -0.25) is 4.90 Å². The third kappa shape index (κ3) is 3.35. The lowest BCUT2D eigenvalue weighted by Crippen LogP contribution is -2.54. The van der Waals surface area contributed by atoms with Crippen LogP contribution in [0.5, 0.6) is 0 Å². The second-order valence-corrected chi connectivity index (χ2v) is 7.07. The van der Waals surface area contributed by atoms with Gasteiger partial charge in [-0.1, -0.05) is 26.2 Å². The zero-order chi connectivity index (χ0) is 14.7. The maximum absolute atomic E-state index is 6.32. The molecule has 2 aliphatic carbocycles. The minimum Gasteiger partial charge on any atom is -0.468 e. The minimum absolute atomic E-state index is 0.206. The highest BCUT2D eigenvalue weighted by Crippen LogP contribution is 2.42. The van der Waals surface area contributed by atoms with Crippen LogP contribution in [0.2, 0.25) is 0 Å². The number of hydrogen-bond acceptors (Lipinski definition) is 3. The summed E-state index contributed by atoms with van der Waals surface area (Å²) in [7, 11) is 0. The third-order valence-electron chi connectivity index (χ3n) is 5.73. The average molecular weight is 290 g/mol. The van der Waals surface area contributed by atoms with Gasteiger partial charge in [0.2, 0.25) is 0 Å². The van der Waals surface area contributed by atoms with Crippen LogP contribution in [0.3, 0.4) is 0 Å². The molecular formula is C18H30N2O. The molecule has 3 nitrogen and oxygen atoms in total. The van der Waals surface area contributed by atoms with Crippen molar-refractivity contribution in [3.63, 3.8) is 0 Å². The molecule has 3 heteroatoms. The molecule has 0 radical (unpaired) electrons. The van der Waals surface area contributed by atoms with Crippen LogP contribution in [-0.4, -0.2) is 23.0 Å². The van der Waals surface area contributed by atoms with E-state index in [0.717, 1.165) is 30.8 Å². The summed E-state index contributed by atoms with van der Waals surface area (Å²) in [5.41, 5.74) is 6.52. The molecule has 1 aromatic rings. The SMILES string of the molecule is CCC1CCCC(CN)(N(Cc2ccco2)C2CC2)CC1. The minimum atomic E-state index is 0.206. The highest BCUT2D eigenvalue weighted by molar-refractivity contribution is 5.05. The molecule has 118 valence electrons. The van der Waals surface area contributed by atoms with Gasteiger partial charge in [-0.25, -0.2) is 0 Å². The molecule has 0 spiro atoms. The van der Waals surface area contributed by atoms with Crippen molar-refractivity contribution in [2.24, 2.45) is 11.7 Å². The first-order valence-electron chi connectivity index (χ1n) is 8.76. The van der Waals surface area contributed by atoms with Crippen LogP contribution in [0.4, 0.5) is 0 Å². The number of nitrogens with two attached hydrogens (primary N) is 1. The van der Waals surface area contributed by atoms with Crippen molar-refractivity contribution < 1.29 is 4.42 Å². The number of hydrogen-bond donors (Lipinski definition) is 1. The van der Waals surface area contributed by atoms with Gasteiger partial charge in [0.05, 0.1) is 12.8 Å². The first kappa shape index (κ1) is 15.1. The van der Waals surface area contributed by atoms with E-state index >= 15 is 0 Å². The van der Waals surface area contributed by atoms with E-state index < -0.39 is 0 Å². The van der Waals surface area contributed by atoms with Gasteiger partial charge in [0, 0.05) is 18.1 Å². The van der Waals surface area contributed by atoms with E-state index in [-0.39, 0.29) is 5.54 Å². The van der Waals surface area contributed by atoms with Crippen LogP contribution in [-0.2, 0) is 6.54 Å². The van der Waals surface area contributed by atoms with Crippen molar-refractivity contribution in [3.05, 3.63) is 24.2 Å². The monoisotopic (exact) mass is 290 g/mol. The molecule has 0 aliphatic heterocycles. The quantitative estimate of drug-likeness (QED) is 0.807. The zero-order valence-corrected chi connectivity index (χ0v) is 13.4. The van der Waals surface area contributed by atoms with Crippen LogP contribution in [0.25, 0.3) is 0 Å². The maximum Gasteiger partial charge on any atom is 0.117 e. The van der Waals surface area contributed by atoms with E-state index in [0.29, 0.717) is 0 Å². The summed E-state index contributed by atoms with van der Waals surface area (Å²) in [5, 5.41) is 0. The van der Waals surface area contributed by atoms with Gasteiger partial charge in [0.25, 0.3) is 0 Å². The highest BCUT2D eigenvalue weighted by Gasteiger charge is 2.44. The lowest BCUT2D eigenvalue weighted by molar-refractivity contribution is 0.0535. The fourth-order valence-electron chi connectivity index (χ4n) is 4.12. The molecule has 1 heterocycles. The van der Waals surface area contributed by atoms with E-state index in [1.165, 1.54) is 51.4 Å². The lowest BCUT2D eigenvalue weighted by Gasteiger charge is -2.43. The van der Waals surface area contributed by atoms with Gasteiger partial charge in [-0.2, -0.15) is 0 Å². The van der Waals surface area contributed by atoms with Gasteiger partial charge < -0.3 is 10.2 Å². The molecule has 0 amide bonds. The maximum atomic E-state index is 6.32. The topological polar surface area (TPSA) is 42.4 Å². The fourth-order valence-corrected chi connectivity index (χ4v) is 4.12. The van der Waals surface area contributed by atoms with Crippen LogP contribution in [0.15, 0.2) is 22.8 Å². The van der Waals surface area contributed by atoms with Crippen LogP contribution in [0, 0.1) is 5.92 Å². The standard InChI is InChI=1S/C18H30N2O/c1-2-15-5-3-10-18(14-19,11-9-15)20(16-7-8-16)13-17-6-4-12-21-17/h4,6,12,15-16H,2-3,5,7-11,13-14,19H2,1H3. The Morgan fingerprint density at radius 2 is 2.14 bits per heavy atom.